The molecule has 1 aromatic rings. The lowest BCUT2D eigenvalue weighted by atomic mass is 9.81. The summed E-state index contributed by atoms with van der Waals surface area (Å²) in [6.45, 7) is 6.38. The summed E-state index contributed by atoms with van der Waals surface area (Å²) in [6, 6.07) is 2.49. The van der Waals surface area contributed by atoms with Gasteiger partial charge in [0.1, 0.15) is 23.0 Å². The molecule has 186 valence electrons. The van der Waals surface area contributed by atoms with Crippen LogP contribution in [0.3, 0.4) is 0 Å². The SMILES string of the molecule is CC(C)(C)OC(=O)N1CCC2(CC1)CC(=O)c1ccc3c(c1O2)CN(C1CCC(=O)NC1=O)C3=O. The minimum atomic E-state index is -0.761. The lowest BCUT2D eigenvalue weighted by molar-refractivity contribution is -0.136. The topological polar surface area (TPSA) is 122 Å². The third kappa shape index (κ3) is 4.15. The second kappa shape index (κ2) is 8.07. The average molecular weight is 484 g/mol. The van der Waals surface area contributed by atoms with Crippen LogP contribution < -0.4 is 10.1 Å². The maximum atomic E-state index is 13.2. The van der Waals surface area contributed by atoms with Crippen LogP contribution in [0.15, 0.2) is 12.1 Å². The van der Waals surface area contributed by atoms with E-state index < -0.39 is 23.2 Å². The molecule has 0 bridgehead atoms. The number of imide groups is 1. The van der Waals surface area contributed by atoms with E-state index in [1.807, 2.05) is 20.8 Å². The molecule has 0 aromatic heterocycles. The first-order valence-electron chi connectivity index (χ1n) is 12.0. The van der Waals surface area contributed by atoms with Crippen LogP contribution in [0.5, 0.6) is 5.75 Å². The summed E-state index contributed by atoms with van der Waals surface area (Å²) in [5, 5.41) is 2.30. The number of fused-ring (bicyclic) bond motifs is 3. The van der Waals surface area contributed by atoms with Crippen LogP contribution in [0.25, 0.3) is 0 Å². The maximum Gasteiger partial charge on any atom is 0.410 e. The summed E-state index contributed by atoms with van der Waals surface area (Å²) in [4.78, 5) is 65.8. The van der Waals surface area contributed by atoms with Crippen LogP contribution in [-0.4, -0.2) is 69.7 Å². The van der Waals surface area contributed by atoms with E-state index in [2.05, 4.69) is 5.32 Å². The Labute approximate surface area is 202 Å². The van der Waals surface area contributed by atoms with Crippen LogP contribution in [0, 0.1) is 0 Å². The quantitative estimate of drug-likeness (QED) is 0.608. The Kier molecular flexibility index (Phi) is 5.37. The molecule has 1 aromatic carbocycles. The van der Waals surface area contributed by atoms with Crippen molar-refractivity contribution in [2.75, 3.05) is 13.1 Å². The summed E-state index contributed by atoms with van der Waals surface area (Å²) < 4.78 is 12.0. The van der Waals surface area contributed by atoms with E-state index >= 15 is 0 Å². The molecule has 1 spiro atoms. The molecule has 10 nitrogen and oxygen atoms in total. The van der Waals surface area contributed by atoms with Crippen molar-refractivity contribution < 1.29 is 33.4 Å². The van der Waals surface area contributed by atoms with Crippen molar-refractivity contribution >= 4 is 29.6 Å². The number of hydrogen-bond acceptors (Lipinski definition) is 7. The molecule has 4 heterocycles. The van der Waals surface area contributed by atoms with Crippen molar-refractivity contribution in [3.63, 3.8) is 0 Å². The van der Waals surface area contributed by atoms with Crippen LogP contribution in [-0.2, 0) is 20.9 Å². The van der Waals surface area contributed by atoms with Crippen molar-refractivity contribution in [1.29, 1.82) is 0 Å². The predicted octanol–water partition coefficient (Wildman–Crippen LogP) is 2.18. The zero-order valence-corrected chi connectivity index (χ0v) is 20.1. The zero-order valence-electron chi connectivity index (χ0n) is 20.1. The summed E-state index contributed by atoms with van der Waals surface area (Å²) in [7, 11) is 0. The standard InChI is InChI=1S/C25H29N3O7/c1-24(2,3)35-23(33)27-10-8-25(9-11-27)12-18(29)15-5-4-14-16(20(15)34-25)13-28(22(14)32)17-6-7-19(30)26-21(17)31/h4-5,17H,6-13H2,1-3H3,(H,26,30,31). The van der Waals surface area contributed by atoms with Gasteiger partial charge in [0.25, 0.3) is 5.91 Å². The number of carbonyl (C=O) groups excluding carboxylic acids is 5. The van der Waals surface area contributed by atoms with Gasteiger partial charge in [-0.25, -0.2) is 4.79 Å². The highest BCUT2D eigenvalue weighted by Gasteiger charge is 2.47. The van der Waals surface area contributed by atoms with Crippen LogP contribution in [0.4, 0.5) is 4.79 Å². The molecule has 2 saturated heterocycles. The minimum Gasteiger partial charge on any atom is -0.486 e. The first-order chi connectivity index (χ1) is 16.5. The number of amides is 4. The fourth-order valence-corrected chi connectivity index (χ4v) is 5.29. The highest BCUT2D eigenvalue weighted by Crippen LogP contribution is 2.45. The van der Waals surface area contributed by atoms with Crippen LogP contribution >= 0.6 is 0 Å². The van der Waals surface area contributed by atoms with E-state index in [0.717, 1.165) is 0 Å². The number of ether oxygens (including phenoxy) is 2. The number of hydrogen-bond donors (Lipinski definition) is 1. The number of nitrogens with one attached hydrogen (secondary N) is 1. The summed E-state index contributed by atoms with van der Waals surface area (Å²) in [5.41, 5.74) is 0.0813. The van der Waals surface area contributed by atoms with E-state index in [4.69, 9.17) is 9.47 Å². The summed E-state index contributed by atoms with van der Waals surface area (Å²) >= 11 is 0. The van der Waals surface area contributed by atoms with Gasteiger partial charge in [0.15, 0.2) is 5.78 Å². The molecule has 5 rings (SSSR count). The smallest absolute Gasteiger partial charge is 0.410 e. The Hall–Kier alpha value is -3.43. The molecule has 4 aliphatic rings. The predicted molar refractivity (Wildman–Crippen MR) is 122 cm³/mol. The van der Waals surface area contributed by atoms with Gasteiger partial charge in [-0.15, -0.1) is 0 Å². The van der Waals surface area contributed by atoms with Gasteiger partial charge in [0.2, 0.25) is 11.8 Å². The Morgan fingerprint density at radius 3 is 2.46 bits per heavy atom. The molecule has 10 heteroatoms. The molecule has 0 radical (unpaired) electrons. The fourth-order valence-electron chi connectivity index (χ4n) is 5.29. The summed E-state index contributed by atoms with van der Waals surface area (Å²) in [5.74, 6) is -0.812. The number of nitrogens with zero attached hydrogens (tertiary/aromatic N) is 2. The molecule has 4 amide bonds. The number of ketones is 1. The molecule has 1 atom stereocenters. The maximum absolute atomic E-state index is 13.2. The fraction of sp³-hybridized carbons (Fsp3) is 0.560. The van der Waals surface area contributed by atoms with Gasteiger partial charge in [-0.1, -0.05) is 0 Å². The highest BCUT2D eigenvalue weighted by molar-refractivity contribution is 6.08. The van der Waals surface area contributed by atoms with Crippen LogP contribution in [0.1, 0.15) is 79.2 Å². The third-order valence-electron chi connectivity index (χ3n) is 7.09. The van der Waals surface area contributed by atoms with Gasteiger partial charge in [-0.05, 0) is 39.3 Å². The van der Waals surface area contributed by atoms with Gasteiger partial charge in [0, 0.05) is 43.5 Å². The van der Waals surface area contributed by atoms with E-state index in [0.29, 0.717) is 48.4 Å². The average Bonchev–Trinajstić information content (AvgIpc) is 3.10. The van der Waals surface area contributed by atoms with Crippen molar-refractivity contribution in [1.82, 2.24) is 15.1 Å². The minimum absolute atomic E-state index is 0.0633. The number of benzene rings is 1. The Bertz CT molecular complexity index is 1140. The van der Waals surface area contributed by atoms with E-state index in [1.165, 1.54) is 4.90 Å². The molecule has 0 saturated carbocycles. The number of piperidine rings is 2. The van der Waals surface area contributed by atoms with Gasteiger partial charge >= 0.3 is 6.09 Å². The largest absolute Gasteiger partial charge is 0.486 e. The third-order valence-corrected chi connectivity index (χ3v) is 7.09. The molecule has 35 heavy (non-hydrogen) atoms. The molecule has 1 unspecified atom stereocenters. The molecule has 0 aliphatic carbocycles. The molecular weight excluding hydrogens is 454 g/mol. The first-order valence-corrected chi connectivity index (χ1v) is 12.0. The number of likely N-dealkylation sites (tertiary alicyclic amines) is 1. The number of rotatable bonds is 1. The Morgan fingerprint density at radius 1 is 1.11 bits per heavy atom. The lowest BCUT2D eigenvalue weighted by Gasteiger charge is -2.44. The van der Waals surface area contributed by atoms with E-state index in [-0.39, 0.29) is 49.5 Å². The van der Waals surface area contributed by atoms with Crippen molar-refractivity contribution in [3.05, 3.63) is 28.8 Å². The number of Topliss-reactive ketones (excluding diaryl/α,β-unsaturated/α-hetero) is 1. The van der Waals surface area contributed by atoms with Crippen LogP contribution in [0.2, 0.25) is 0 Å². The summed E-state index contributed by atoms with van der Waals surface area (Å²) in [6.07, 6.45) is 1.17. The number of carbonyl (C=O) groups is 5. The molecule has 2 fully saturated rings. The lowest BCUT2D eigenvalue weighted by Crippen LogP contribution is -2.53. The second-order valence-corrected chi connectivity index (χ2v) is 10.7. The zero-order chi connectivity index (χ0) is 25.1. The van der Waals surface area contributed by atoms with Gasteiger partial charge < -0.3 is 19.3 Å². The second-order valence-electron chi connectivity index (χ2n) is 10.7. The van der Waals surface area contributed by atoms with Gasteiger partial charge in [0.05, 0.1) is 18.5 Å². The highest BCUT2D eigenvalue weighted by atomic mass is 16.6. The Balaban J connectivity index is 1.37. The molecular formula is C25H29N3O7. The van der Waals surface area contributed by atoms with Crippen molar-refractivity contribution in [2.45, 2.75) is 76.7 Å². The van der Waals surface area contributed by atoms with E-state index in [9.17, 15) is 24.0 Å². The monoisotopic (exact) mass is 483 g/mol. The van der Waals surface area contributed by atoms with Crippen molar-refractivity contribution in [3.8, 4) is 5.75 Å². The molecule has 4 aliphatic heterocycles. The normalized spacial score (nSPS) is 23.6. The van der Waals surface area contributed by atoms with Gasteiger partial charge in [-0.2, -0.15) is 0 Å². The van der Waals surface area contributed by atoms with E-state index in [1.54, 1.807) is 17.0 Å². The molecule has 1 N–H and O–H groups in total. The first kappa shape index (κ1) is 23.3. The Morgan fingerprint density at radius 2 is 1.80 bits per heavy atom. The van der Waals surface area contributed by atoms with Crippen molar-refractivity contribution in [2.24, 2.45) is 0 Å². The van der Waals surface area contributed by atoms with Gasteiger partial charge in [-0.3, -0.25) is 24.5 Å².